The van der Waals surface area contributed by atoms with Crippen LogP contribution in [0.5, 0.6) is 5.75 Å². The number of methoxy groups -OCH3 is 1. The Morgan fingerprint density at radius 3 is 2.06 bits per heavy atom. The molecular formula is C27H21Cl2NO2. The lowest BCUT2D eigenvalue weighted by Crippen LogP contribution is -2.39. The van der Waals surface area contributed by atoms with E-state index in [0.29, 0.717) is 22.3 Å². The fraction of sp³-hybridized carbons (Fsp3) is 0.222. The summed E-state index contributed by atoms with van der Waals surface area (Å²) in [5.74, 6) is 3.52. The average Bonchev–Trinajstić information content (AvgIpc) is 3.27. The molecule has 2 fully saturated rings. The van der Waals surface area contributed by atoms with Crippen molar-refractivity contribution in [1.29, 1.82) is 0 Å². The van der Waals surface area contributed by atoms with E-state index in [1.165, 1.54) is 0 Å². The number of piperidine rings is 1. The van der Waals surface area contributed by atoms with E-state index in [4.69, 9.17) is 34.4 Å². The van der Waals surface area contributed by atoms with E-state index < -0.39 is 10.8 Å². The van der Waals surface area contributed by atoms with Crippen LogP contribution in [-0.2, 0) is 10.2 Å². The molecule has 2 aliphatic rings. The van der Waals surface area contributed by atoms with Gasteiger partial charge in [-0.25, -0.2) is 0 Å². The maximum absolute atomic E-state index is 13.9. The first-order valence-electron chi connectivity index (χ1n) is 10.4. The zero-order valence-electron chi connectivity index (χ0n) is 17.7. The highest BCUT2D eigenvalue weighted by Gasteiger charge is 2.85. The predicted molar refractivity (Wildman–Crippen MR) is 129 cm³/mol. The molecule has 3 aromatic rings. The van der Waals surface area contributed by atoms with E-state index in [1.54, 1.807) is 30.2 Å². The second-order valence-electron chi connectivity index (χ2n) is 8.45. The second-order valence-corrected chi connectivity index (χ2v) is 9.32. The number of halogens is 2. The number of rotatable bonds is 4. The highest BCUT2D eigenvalue weighted by molar-refractivity contribution is 6.35. The molecule has 5 rings (SSSR count). The molecule has 3 atom stereocenters. The van der Waals surface area contributed by atoms with Gasteiger partial charge in [0.15, 0.2) is 0 Å². The number of nitrogens with zero attached hydrogens (tertiary/aromatic N) is 1. The summed E-state index contributed by atoms with van der Waals surface area (Å²) in [6.07, 6.45) is 6.16. The molecule has 1 aliphatic heterocycles. The van der Waals surface area contributed by atoms with E-state index in [9.17, 15) is 4.79 Å². The molecular weight excluding hydrogens is 441 g/mol. The van der Waals surface area contributed by atoms with E-state index >= 15 is 0 Å². The molecule has 0 aromatic heterocycles. The van der Waals surface area contributed by atoms with Crippen molar-refractivity contribution in [3.8, 4) is 18.1 Å². The van der Waals surface area contributed by atoms with Crippen molar-refractivity contribution in [3.63, 3.8) is 0 Å². The summed E-state index contributed by atoms with van der Waals surface area (Å²) in [6, 6.07) is 21.3. The normalized spacial score (nSPS) is 25.9. The van der Waals surface area contributed by atoms with Crippen LogP contribution in [0.4, 0.5) is 5.69 Å². The third-order valence-electron chi connectivity index (χ3n) is 6.97. The number of benzene rings is 3. The molecule has 1 aliphatic carbocycles. The second kappa shape index (κ2) is 7.30. The fourth-order valence-electron chi connectivity index (χ4n) is 5.51. The molecule has 160 valence electrons. The third kappa shape index (κ3) is 2.67. The number of ether oxygens (including phenoxy) is 1. The Hall–Kier alpha value is -2.93. The number of aryl methyl sites for hydroxylation is 1. The molecule has 0 N–H and O–H groups in total. The van der Waals surface area contributed by atoms with Crippen molar-refractivity contribution >= 4 is 34.8 Å². The van der Waals surface area contributed by atoms with Crippen LogP contribution < -0.4 is 9.64 Å². The zero-order chi connectivity index (χ0) is 22.7. The smallest absolute Gasteiger partial charge is 0.246 e. The van der Waals surface area contributed by atoms with Gasteiger partial charge < -0.3 is 9.64 Å². The van der Waals surface area contributed by atoms with E-state index in [1.807, 2.05) is 31.2 Å². The van der Waals surface area contributed by atoms with Gasteiger partial charge in [0.1, 0.15) is 11.2 Å². The van der Waals surface area contributed by atoms with Crippen LogP contribution >= 0.6 is 23.2 Å². The summed E-state index contributed by atoms with van der Waals surface area (Å²) in [5, 5.41) is 0.964. The Balaban J connectivity index is 1.66. The molecule has 32 heavy (non-hydrogen) atoms. The molecule has 0 bridgehead atoms. The summed E-state index contributed by atoms with van der Waals surface area (Å²) in [4.78, 5) is 15.7. The molecule has 3 nitrogen and oxygen atoms in total. The Morgan fingerprint density at radius 1 is 1.00 bits per heavy atom. The monoisotopic (exact) mass is 461 g/mol. The maximum Gasteiger partial charge on any atom is 0.246 e. The van der Waals surface area contributed by atoms with Crippen molar-refractivity contribution in [2.75, 3.05) is 18.6 Å². The summed E-state index contributed by atoms with van der Waals surface area (Å²) in [5.41, 5.74) is 2.31. The van der Waals surface area contributed by atoms with Crippen molar-refractivity contribution in [2.24, 2.45) is 11.3 Å². The topological polar surface area (TPSA) is 29.5 Å². The van der Waals surface area contributed by atoms with Gasteiger partial charge in [-0.1, -0.05) is 71.1 Å². The number of carbonyl (C=O) groups excluding carboxylic acids is 1. The summed E-state index contributed by atoms with van der Waals surface area (Å²) >= 11 is 12.4. The Kier molecular flexibility index (Phi) is 4.78. The number of terminal acetylenes is 1. The van der Waals surface area contributed by atoms with Crippen molar-refractivity contribution < 1.29 is 9.53 Å². The van der Waals surface area contributed by atoms with Crippen LogP contribution in [0.3, 0.4) is 0 Å². The van der Waals surface area contributed by atoms with Gasteiger partial charge in [-0.2, -0.15) is 0 Å². The van der Waals surface area contributed by atoms with Crippen LogP contribution in [0, 0.1) is 30.6 Å². The quantitative estimate of drug-likeness (QED) is 0.453. The molecule has 0 unspecified atom stereocenters. The fourth-order valence-corrected chi connectivity index (χ4v) is 6.02. The minimum atomic E-state index is -0.981. The van der Waals surface area contributed by atoms with Gasteiger partial charge in [-0.05, 0) is 48.4 Å². The number of hydrogen-bond donors (Lipinski definition) is 0. The molecule has 5 heteroatoms. The highest BCUT2D eigenvalue weighted by Crippen LogP contribution is 2.76. The van der Waals surface area contributed by atoms with E-state index in [0.717, 1.165) is 22.4 Å². The molecule has 3 aromatic carbocycles. The summed E-state index contributed by atoms with van der Waals surface area (Å²) in [7, 11) is 1.64. The van der Waals surface area contributed by atoms with Gasteiger partial charge in [0.05, 0.1) is 12.5 Å². The zero-order valence-corrected chi connectivity index (χ0v) is 19.2. The largest absolute Gasteiger partial charge is 0.497 e. The lowest BCUT2D eigenvalue weighted by molar-refractivity contribution is -0.121. The van der Waals surface area contributed by atoms with Crippen LogP contribution in [0.15, 0.2) is 66.7 Å². The van der Waals surface area contributed by atoms with Crippen LogP contribution in [0.1, 0.15) is 16.7 Å². The van der Waals surface area contributed by atoms with Crippen molar-refractivity contribution in [3.05, 3.63) is 93.5 Å². The molecule has 0 spiro atoms. The van der Waals surface area contributed by atoms with Crippen molar-refractivity contribution in [1.82, 2.24) is 0 Å². The van der Waals surface area contributed by atoms with Gasteiger partial charge in [0.2, 0.25) is 5.91 Å². The van der Waals surface area contributed by atoms with Crippen LogP contribution in [0.25, 0.3) is 0 Å². The van der Waals surface area contributed by atoms with Gasteiger partial charge >= 0.3 is 0 Å². The van der Waals surface area contributed by atoms with Crippen LogP contribution in [0.2, 0.25) is 10.0 Å². The van der Waals surface area contributed by atoms with Gasteiger partial charge in [0.25, 0.3) is 0 Å². The van der Waals surface area contributed by atoms with Gasteiger partial charge in [-0.3, -0.25) is 4.79 Å². The summed E-state index contributed by atoms with van der Waals surface area (Å²) < 4.78 is 5.35. The SMILES string of the molecule is C#C[C@@]12C(=O)N(c3cc(Cl)cc(Cl)c3)C[C@@H]1[C@@]2(c1ccc(C)cc1)c1ccc(OC)cc1. The lowest BCUT2D eigenvalue weighted by Gasteiger charge is -2.30. The first-order chi connectivity index (χ1) is 15.4. The molecule has 1 amide bonds. The minimum absolute atomic E-state index is 0.0821. The number of hydrogen-bond acceptors (Lipinski definition) is 2. The number of anilines is 1. The van der Waals surface area contributed by atoms with E-state index in [2.05, 4.69) is 30.2 Å². The number of amides is 1. The Bertz CT molecular complexity index is 1240. The minimum Gasteiger partial charge on any atom is -0.497 e. The molecule has 0 radical (unpaired) electrons. The van der Waals surface area contributed by atoms with Gasteiger partial charge in [0, 0.05) is 28.2 Å². The first-order valence-corrected chi connectivity index (χ1v) is 11.1. The van der Waals surface area contributed by atoms with Crippen molar-refractivity contribution in [2.45, 2.75) is 12.3 Å². The maximum atomic E-state index is 13.9. The number of fused-ring (bicyclic) bond motifs is 1. The van der Waals surface area contributed by atoms with Gasteiger partial charge in [-0.15, -0.1) is 6.42 Å². The standard InChI is InChI=1S/C27H21Cl2NO2/c1-4-26-24(16-30(25(26)31)22-14-20(28)13-21(29)15-22)27(26,18-7-5-17(2)6-8-18)19-9-11-23(32-3)12-10-19/h1,5-15,24H,16H2,2-3H3/t24-,26-,27+/m0/s1. The highest BCUT2D eigenvalue weighted by atomic mass is 35.5. The summed E-state index contributed by atoms with van der Waals surface area (Å²) in [6.45, 7) is 2.53. The Morgan fingerprint density at radius 2 is 1.56 bits per heavy atom. The third-order valence-corrected chi connectivity index (χ3v) is 7.41. The first kappa shape index (κ1) is 20.9. The lowest BCUT2D eigenvalue weighted by atomic mass is 9.78. The molecule has 1 saturated carbocycles. The number of carbonyl (C=O) groups is 1. The van der Waals surface area contributed by atoms with Crippen LogP contribution in [-0.4, -0.2) is 19.6 Å². The molecule has 1 heterocycles. The predicted octanol–water partition coefficient (Wildman–Crippen LogP) is 5.89. The molecule has 1 saturated heterocycles. The Labute approximate surface area is 197 Å². The average molecular weight is 462 g/mol. The van der Waals surface area contributed by atoms with E-state index in [-0.39, 0.29) is 11.8 Å².